The van der Waals surface area contributed by atoms with E-state index in [4.69, 9.17) is 14.2 Å². The van der Waals surface area contributed by atoms with E-state index in [1.165, 1.54) is 13.0 Å². The van der Waals surface area contributed by atoms with Gasteiger partial charge in [0.25, 0.3) is 0 Å². The van der Waals surface area contributed by atoms with E-state index in [9.17, 15) is 19.8 Å². The number of hydrogen-bond donors (Lipinski definition) is 2. The summed E-state index contributed by atoms with van der Waals surface area (Å²) in [6.07, 6.45) is 3.59. The third-order valence-electron chi connectivity index (χ3n) is 9.16. The zero-order valence-electron chi connectivity index (χ0n) is 19.5. The van der Waals surface area contributed by atoms with Crippen LogP contribution in [0.1, 0.15) is 73.6 Å². The highest BCUT2D eigenvalue weighted by atomic mass is 16.7. The second-order valence-corrected chi connectivity index (χ2v) is 10.9. The van der Waals surface area contributed by atoms with Crippen LogP contribution in [0.2, 0.25) is 0 Å². The van der Waals surface area contributed by atoms with Gasteiger partial charge in [0, 0.05) is 37.0 Å². The van der Waals surface area contributed by atoms with Crippen molar-refractivity contribution >= 4 is 11.9 Å². The topological polar surface area (TPSA) is 102 Å². The number of fused-ring (bicyclic) bond motifs is 4. The SMILES string of the molecule is CCO[C@@]12C[C@H]3[C@@H](CC[C@@]4(O)C(C)(C)CC[C@H](OC(C)=O)[C@]34C)[C@](C)(O)C1=CC(=O)O2. The summed E-state index contributed by atoms with van der Waals surface area (Å²) < 4.78 is 17.5. The van der Waals surface area contributed by atoms with Gasteiger partial charge in [0.2, 0.25) is 5.79 Å². The minimum absolute atomic E-state index is 0.237. The molecule has 7 atom stereocenters. The van der Waals surface area contributed by atoms with Crippen LogP contribution in [-0.2, 0) is 23.8 Å². The van der Waals surface area contributed by atoms with Crippen molar-refractivity contribution in [2.75, 3.05) is 6.61 Å². The van der Waals surface area contributed by atoms with Crippen molar-refractivity contribution in [1.82, 2.24) is 0 Å². The summed E-state index contributed by atoms with van der Waals surface area (Å²) in [5.41, 5.74) is -3.26. The fourth-order valence-electron chi connectivity index (χ4n) is 7.59. The van der Waals surface area contributed by atoms with Gasteiger partial charge in [0.05, 0.1) is 11.2 Å². The molecule has 4 aliphatic rings. The monoisotopic (exact) mass is 436 g/mol. The fourth-order valence-corrected chi connectivity index (χ4v) is 7.59. The van der Waals surface area contributed by atoms with E-state index >= 15 is 0 Å². The van der Waals surface area contributed by atoms with Crippen LogP contribution >= 0.6 is 0 Å². The number of ether oxygens (including phenoxy) is 3. The normalized spacial score (nSPS) is 48.1. The Balaban J connectivity index is 1.89. The number of carbonyl (C=O) groups excluding carboxylic acids is 2. The van der Waals surface area contributed by atoms with Gasteiger partial charge >= 0.3 is 11.9 Å². The lowest BCUT2D eigenvalue weighted by molar-refractivity contribution is -0.315. The molecule has 0 amide bonds. The van der Waals surface area contributed by atoms with E-state index in [0.29, 0.717) is 37.9 Å². The molecule has 3 aliphatic carbocycles. The highest BCUT2D eigenvalue weighted by Crippen LogP contribution is 2.69. The molecule has 2 N–H and O–H groups in total. The second kappa shape index (κ2) is 6.78. The fraction of sp³-hybridized carbons (Fsp3) is 0.833. The first-order valence-electron chi connectivity index (χ1n) is 11.5. The molecular formula is C24H36O7. The molecule has 174 valence electrons. The Morgan fingerprint density at radius 2 is 1.84 bits per heavy atom. The summed E-state index contributed by atoms with van der Waals surface area (Å²) >= 11 is 0. The molecule has 0 aromatic rings. The molecule has 4 rings (SSSR count). The Bertz CT molecular complexity index is 830. The zero-order chi connectivity index (χ0) is 23.0. The maximum atomic E-state index is 12.3. The maximum absolute atomic E-state index is 12.3. The van der Waals surface area contributed by atoms with Crippen molar-refractivity contribution < 1.29 is 34.0 Å². The Morgan fingerprint density at radius 3 is 2.45 bits per heavy atom. The number of hydrogen-bond acceptors (Lipinski definition) is 7. The molecule has 0 saturated heterocycles. The molecule has 1 aliphatic heterocycles. The van der Waals surface area contributed by atoms with E-state index in [1.807, 2.05) is 13.8 Å². The first-order valence-corrected chi connectivity index (χ1v) is 11.5. The quantitative estimate of drug-likeness (QED) is 0.656. The third kappa shape index (κ3) is 2.82. The molecule has 7 nitrogen and oxygen atoms in total. The molecule has 3 fully saturated rings. The molecule has 31 heavy (non-hydrogen) atoms. The lowest BCUT2D eigenvalue weighted by Crippen LogP contribution is -2.74. The Kier molecular flexibility index (Phi) is 4.97. The molecule has 0 spiro atoms. The van der Waals surface area contributed by atoms with Gasteiger partial charge in [-0.1, -0.05) is 20.8 Å². The second-order valence-electron chi connectivity index (χ2n) is 10.9. The van der Waals surface area contributed by atoms with Gasteiger partial charge in [-0.2, -0.15) is 0 Å². The highest BCUT2D eigenvalue weighted by molar-refractivity contribution is 5.87. The van der Waals surface area contributed by atoms with Crippen LogP contribution in [0.4, 0.5) is 0 Å². The van der Waals surface area contributed by atoms with Crippen LogP contribution in [0, 0.1) is 22.7 Å². The lowest BCUT2D eigenvalue weighted by atomic mass is 9.39. The predicted molar refractivity (Wildman–Crippen MR) is 112 cm³/mol. The van der Waals surface area contributed by atoms with E-state index in [2.05, 4.69) is 13.8 Å². The first-order chi connectivity index (χ1) is 14.2. The van der Waals surface area contributed by atoms with Crippen molar-refractivity contribution in [2.45, 2.75) is 96.7 Å². The first kappa shape index (κ1) is 22.7. The van der Waals surface area contributed by atoms with Crippen molar-refractivity contribution in [2.24, 2.45) is 22.7 Å². The number of rotatable bonds is 3. The molecule has 0 radical (unpaired) electrons. The van der Waals surface area contributed by atoms with Gasteiger partial charge in [-0.15, -0.1) is 0 Å². The number of carbonyl (C=O) groups is 2. The highest BCUT2D eigenvalue weighted by Gasteiger charge is 2.74. The molecule has 0 aromatic heterocycles. The summed E-state index contributed by atoms with van der Waals surface area (Å²) in [7, 11) is 0. The number of aliphatic hydroxyl groups is 2. The van der Waals surface area contributed by atoms with Crippen LogP contribution in [0.25, 0.3) is 0 Å². The van der Waals surface area contributed by atoms with E-state index in [-0.39, 0.29) is 17.8 Å². The maximum Gasteiger partial charge on any atom is 0.333 e. The summed E-state index contributed by atoms with van der Waals surface area (Å²) in [6, 6.07) is 0. The van der Waals surface area contributed by atoms with Gasteiger partial charge in [-0.25, -0.2) is 4.79 Å². The molecular weight excluding hydrogens is 400 g/mol. The van der Waals surface area contributed by atoms with Gasteiger partial charge in [-0.05, 0) is 56.8 Å². The lowest BCUT2D eigenvalue weighted by Gasteiger charge is -2.69. The van der Waals surface area contributed by atoms with E-state index in [0.717, 1.165) is 6.42 Å². The predicted octanol–water partition coefficient (Wildman–Crippen LogP) is 2.87. The minimum atomic E-state index is -1.36. The zero-order valence-corrected chi connectivity index (χ0v) is 19.5. The summed E-state index contributed by atoms with van der Waals surface area (Å²) in [6.45, 7) is 11.3. The molecule has 3 saturated carbocycles. The minimum Gasteiger partial charge on any atom is -0.462 e. The van der Waals surface area contributed by atoms with Crippen LogP contribution < -0.4 is 0 Å². The largest absolute Gasteiger partial charge is 0.462 e. The Morgan fingerprint density at radius 1 is 1.16 bits per heavy atom. The van der Waals surface area contributed by atoms with Gasteiger partial charge < -0.3 is 24.4 Å². The standard InChI is InChI=1S/C24H36O7/c1-7-29-23-13-16-15(22(6,27)17(23)12-19(26)31-23)8-11-24(28)20(3,4)10-9-18(21(16,24)5)30-14(2)25/h12,15-16,18,27-28H,7-11,13H2,1-6H3/t15-,16+,18+,21+,22+,23-,24-/m1/s1. The molecule has 0 bridgehead atoms. The van der Waals surface area contributed by atoms with Crippen LogP contribution in [0.3, 0.4) is 0 Å². The molecule has 0 aromatic carbocycles. The summed E-state index contributed by atoms with van der Waals surface area (Å²) in [5, 5.41) is 24.0. The van der Waals surface area contributed by atoms with Gasteiger partial charge in [-0.3, -0.25) is 4.79 Å². The van der Waals surface area contributed by atoms with Crippen molar-refractivity contribution in [3.63, 3.8) is 0 Å². The third-order valence-corrected chi connectivity index (χ3v) is 9.16. The van der Waals surface area contributed by atoms with Gasteiger partial charge in [0.15, 0.2) is 0 Å². The number of esters is 2. The van der Waals surface area contributed by atoms with Crippen LogP contribution in [-0.4, -0.2) is 51.9 Å². The van der Waals surface area contributed by atoms with Crippen LogP contribution in [0.5, 0.6) is 0 Å². The van der Waals surface area contributed by atoms with Crippen molar-refractivity contribution in [1.29, 1.82) is 0 Å². The van der Waals surface area contributed by atoms with Crippen molar-refractivity contribution in [3.05, 3.63) is 11.6 Å². The average Bonchev–Trinajstić information content (AvgIpc) is 2.98. The van der Waals surface area contributed by atoms with Crippen LogP contribution in [0.15, 0.2) is 11.6 Å². The molecule has 0 unspecified atom stereocenters. The molecule has 7 heteroatoms. The smallest absolute Gasteiger partial charge is 0.333 e. The summed E-state index contributed by atoms with van der Waals surface area (Å²) in [4.78, 5) is 24.3. The Hall–Kier alpha value is -1.44. The van der Waals surface area contributed by atoms with E-state index < -0.39 is 39.9 Å². The average molecular weight is 437 g/mol. The Labute approximate surface area is 184 Å². The summed E-state index contributed by atoms with van der Waals surface area (Å²) in [5.74, 6) is -2.80. The van der Waals surface area contributed by atoms with Gasteiger partial charge in [0.1, 0.15) is 6.10 Å². The molecule has 1 heterocycles. The van der Waals surface area contributed by atoms with E-state index in [1.54, 1.807) is 6.92 Å². The van der Waals surface area contributed by atoms with Crippen molar-refractivity contribution in [3.8, 4) is 0 Å².